The van der Waals surface area contributed by atoms with Gasteiger partial charge in [-0.1, -0.05) is 36.4 Å². The number of ether oxygens (including phenoxy) is 2. The summed E-state index contributed by atoms with van der Waals surface area (Å²) in [6, 6.07) is 25.3. The summed E-state index contributed by atoms with van der Waals surface area (Å²) in [5, 5.41) is 15.0. The molecule has 2 saturated heterocycles. The second-order valence-corrected chi connectivity index (χ2v) is 9.80. The molecule has 1 aromatic heterocycles. The van der Waals surface area contributed by atoms with Crippen LogP contribution < -0.4 is 19.9 Å². The molecular weight excluding hydrogens is 476 g/mol. The van der Waals surface area contributed by atoms with E-state index in [4.69, 9.17) is 14.6 Å². The lowest BCUT2D eigenvalue weighted by molar-refractivity contribution is 0.122. The molecule has 6 rings (SSSR count). The van der Waals surface area contributed by atoms with Crippen molar-refractivity contribution in [3.63, 3.8) is 0 Å². The van der Waals surface area contributed by atoms with Crippen molar-refractivity contribution in [2.75, 3.05) is 74.7 Å². The maximum Gasteiger partial charge on any atom is 0.161 e. The third kappa shape index (κ3) is 5.37. The van der Waals surface area contributed by atoms with Gasteiger partial charge < -0.3 is 24.6 Å². The van der Waals surface area contributed by atoms with E-state index in [9.17, 15) is 0 Å². The van der Waals surface area contributed by atoms with Crippen molar-refractivity contribution in [1.29, 1.82) is 0 Å². The van der Waals surface area contributed by atoms with Gasteiger partial charge in [0.2, 0.25) is 0 Å². The van der Waals surface area contributed by atoms with Gasteiger partial charge in [-0.2, -0.15) is 0 Å². The Morgan fingerprint density at radius 3 is 2.32 bits per heavy atom. The highest BCUT2D eigenvalue weighted by molar-refractivity contribution is 5.99. The van der Waals surface area contributed by atoms with Crippen molar-refractivity contribution in [1.82, 2.24) is 15.1 Å². The fraction of sp³-hybridized carbons (Fsp3) is 0.333. The highest BCUT2D eigenvalue weighted by atomic mass is 16.5. The van der Waals surface area contributed by atoms with Gasteiger partial charge >= 0.3 is 0 Å². The molecule has 0 saturated carbocycles. The van der Waals surface area contributed by atoms with Crippen LogP contribution in [0.2, 0.25) is 0 Å². The fourth-order valence-corrected chi connectivity index (χ4v) is 5.28. The second-order valence-electron chi connectivity index (χ2n) is 9.80. The SMILES string of the molecule is COc1cccc(CN2CCN(c3nnc(Nc4ccc(N5CCOCC5)cc4)c4ccccc34)CC2)c1. The Morgan fingerprint density at radius 1 is 0.789 bits per heavy atom. The normalized spacial score (nSPS) is 16.6. The lowest BCUT2D eigenvalue weighted by Gasteiger charge is -2.35. The van der Waals surface area contributed by atoms with E-state index < -0.39 is 0 Å². The van der Waals surface area contributed by atoms with Crippen LogP contribution in [0.3, 0.4) is 0 Å². The predicted molar refractivity (Wildman–Crippen MR) is 153 cm³/mol. The van der Waals surface area contributed by atoms with Crippen molar-refractivity contribution in [2.24, 2.45) is 0 Å². The van der Waals surface area contributed by atoms with Gasteiger partial charge in [0, 0.05) is 68.0 Å². The molecule has 0 unspecified atom stereocenters. The minimum Gasteiger partial charge on any atom is -0.497 e. The summed E-state index contributed by atoms with van der Waals surface area (Å²) >= 11 is 0. The number of benzene rings is 3. The molecule has 0 atom stereocenters. The molecule has 4 aromatic rings. The van der Waals surface area contributed by atoms with E-state index in [0.29, 0.717) is 0 Å². The van der Waals surface area contributed by atoms with Crippen molar-refractivity contribution in [2.45, 2.75) is 6.54 Å². The summed E-state index contributed by atoms with van der Waals surface area (Å²) in [5.74, 6) is 2.64. The molecule has 0 bridgehead atoms. The van der Waals surface area contributed by atoms with Crippen molar-refractivity contribution in [3.8, 4) is 5.75 Å². The first-order chi connectivity index (χ1) is 18.8. The molecule has 8 heteroatoms. The Hall–Kier alpha value is -3.88. The molecule has 0 aliphatic carbocycles. The third-order valence-electron chi connectivity index (χ3n) is 7.39. The smallest absolute Gasteiger partial charge is 0.161 e. The van der Waals surface area contributed by atoms with Crippen LogP contribution in [0, 0.1) is 0 Å². The Balaban J connectivity index is 1.14. The maximum atomic E-state index is 5.48. The Morgan fingerprint density at radius 2 is 1.55 bits per heavy atom. The average molecular weight is 511 g/mol. The highest BCUT2D eigenvalue weighted by Gasteiger charge is 2.21. The molecule has 3 heterocycles. The zero-order valence-electron chi connectivity index (χ0n) is 21.8. The van der Waals surface area contributed by atoms with E-state index in [1.807, 2.05) is 6.07 Å². The van der Waals surface area contributed by atoms with Crippen molar-refractivity contribution < 1.29 is 9.47 Å². The summed E-state index contributed by atoms with van der Waals surface area (Å²) in [6.45, 7) is 8.13. The first kappa shape index (κ1) is 24.5. The summed E-state index contributed by atoms with van der Waals surface area (Å²) in [6.07, 6.45) is 0. The molecule has 38 heavy (non-hydrogen) atoms. The number of methoxy groups -OCH3 is 1. The first-order valence-corrected chi connectivity index (χ1v) is 13.3. The maximum absolute atomic E-state index is 5.48. The highest BCUT2D eigenvalue weighted by Crippen LogP contribution is 2.31. The van der Waals surface area contributed by atoms with E-state index >= 15 is 0 Å². The molecule has 0 spiro atoms. The van der Waals surface area contributed by atoms with E-state index in [2.05, 4.69) is 91.8 Å². The molecular formula is C30H34N6O2. The summed E-state index contributed by atoms with van der Waals surface area (Å²) in [4.78, 5) is 7.20. The molecule has 8 nitrogen and oxygen atoms in total. The van der Waals surface area contributed by atoms with Gasteiger partial charge in [-0.15, -0.1) is 10.2 Å². The zero-order chi connectivity index (χ0) is 25.7. The van der Waals surface area contributed by atoms with Gasteiger partial charge in [-0.3, -0.25) is 4.90 Å². The summed E-state index contributed by atoms with van der Waals surface area (Å²) < 4.78 is 10.9. The van der Waals surface area contributed by atoms with Gasteiger partial charge in [0.25, 0.3) is 0 Å². The van der Waals surface area contributed by atoms with Crippen LogP contribution in [0.25, 0.3) is 10.8 Å². The predicted octanol–water partition coefficient (Wildman–Crippen LogP) is 4.54. The van der Waals surface area contributed by atoms with Gasteiger partial charge in [0.15, 0.2) is 11.6 Å². The minimum absolute atomic E-state index is 0.778. The number of hydrogen-bond acceptors (Lipinski definition) is 8. The van der Waals surface area contributed by atoms with Crippen molar-refractivity contribution in [3.05, 3.63) is 78.4 Å². The summed E-state index contributed by atoms with van der Waals surface area (Å²) in [7, 11) is 1.71. The largest absolute Gasteiger partial charge is 0.497 e. The molecule has 2 aliphatic heterocycles. The van der Waals surface area contributed by atoms with Crippen LogP contribution >= 0.6 is 0 Å². The van der Waals surface area contributed by atoms with Gasteiger partial charge in [0.1, 0.15) is 5.75 Å². The van der Waals surface area contributed by atoms with Crippen LogP contribution in [0.4, 0.5) is 23.0 Å². The van der Waals surface area contributed by atoms with Gasteiger partial charge in [-0.05, 0) is 42.0 Å². The van der Waals surface area contributed by atoms with Crippen molar-refractivity contribution >= 4 is 33.8 Å². The fourth-order valence-electron chi connectivity index (χ4n) is 5.28. The number of anilines is 4. The molecule has 2 aliphatic rings. The third-order valence-corrected chi connectivity index (χ3v) is 7.39. The standard InChI is InChI=1S/C30H34N6O2/c1-37-26-6-4-5-23(21-26)22-34-13-15-36(16-14-34)30-28-8-3-2-7-27(28)29(32-33-30)31-24-9-11-25(12-10-24)35-17-19-38-20-18-35/h2-12,21H,13-20,22H2,1H3,(H,31,32). The molecule has 0 amide bonds. The van der Waals surface area contributed by atoms with E-state index in [1.165, 1.54) is 11.3 Å². The monoisotopic (exact) mass is 510 g/mol. The number of piperazine rings is 1. The average Bonchev–Trinajstić information content (AvgIpc) is 2.99. The number of morpholine rings is 1. The Kier molecular flexibility index (Phi) is 7.24. The van der Waals surface area contributed by atoms with Crippen LogP contribution in [-0.2, 0) is 11.3 Å². The molecule has 1 N–H and O–H groups in total. The number of aromatic nitrogens is 2. The quantitative estimate of drug-likeness (QED) is 0.389. The summed E-state index contributed by atoms with van der Waals surface area (Å²) in [5.41, 5.74) is 3.49. The Bertz CT molecular complexity index is 1370. The zero-order valence-corrected chi connectivity index (χ0v) is 21.8. The lowest BCUT2D eigenvalue weighted by atomic mass is 10.1. The molecule has 0 radical (unpaired) electrons. The van der Waals surface area contributed by atoms with Crippen LogP contribution in [0.15, 0.2) is 72.8 Å². The number of hydrogen-bond donors (Lipinski definition) is 1. The molecule has 2 fully saturated rings. The van der Waals surface area contributed by atoms with Crippen LogP contribution in [-0.4, -0.2) is 74.7 Å². The van der Waals surface area contributed by atoms with Gasteiger partial charge in [-0.25, -0.2) is 0 Å². The topological polar surface area (TPSA) is 66.0 Å². The number of rotatable bonds is 7. The number of nitrogens with one attached hydrogen (secondary N) is 1. The molecule has 196 valence electrons. The first-order valence-electron chi connectivity index (χ1n) is 13.3. The van der Waals surface area contributed by atoms with E-state index in [-0.39, 0.29) is 0 Å². The van der Waals surface area contributed by atoms with Crippen LogP contribution in [0.1, 0.15) is 5.56 Å². The van der Waals surface area contributed by atoms with Gasteiger partial charge in [0.05, 0.1) is 20.3 Å². The Labute approximate surface area is 223 Å². The molecule has 3 aromatic carbocycles. The van der Waals surface area contributed by atoms with E-state index in [1.54, 1.807) is 7.11 Å². The second kappa shape index (κ2) is 11.2. The number of fused-ring (bicyclic) bond motifs is 1. The number of nitrogens with zero attached hydrogens (tertiary/aromatic N) is 5. The van der Waals surface area contributed by atoms with Crippen LogP contribution in [0.5, 0.6) is 5.75 Å². The minimum atomic E-state index is 0.778. The van der Waals surface area contributed by atoms with E-state index in [0.717, 1.165) is 92.9 Å². The lowest BCUT2D eigenvalue weighted by Crippen LogP contribution is -2.46.